The zero-order valence-corrected chi connectivity index (χ0v) is 15.2. The van der Waals surface area contributed by atoms with E-state index in [-0.39, 0.29) is 12.3 Å². The maximum absolute atomic E-state index is 12.9. The van der Waals surface area contributed by atoms with E-state index in [0.717, 1.165) is 37.3 Å². The van der Waals surface area contributed by atoms with Gasteiger partial charge in [0, 0.05) is 32.3 Å². The number of aryl methyl sites for hydroxylation is 1. The third-order valence-corrected chi connectivity index (χ3v) is 5.15. The molecule has 2 aliphatic rings. The number of carboxylic acid groups (broad SMARTS) is 1. The molecule has 0 saturated carbocycles. The third-order valence-electron chi connectivity index (χ3n) is 5.15. The van der Waals surface area contributed by atoms with Crippen LogP contribution < -0.4 is 4.90 Å². The van der Waals surface area contributed by atoms with Gasteiger partial charge in [-0.05, 0) is 31.0 Å². The first-order valence-electron chi connectivity index (χ1n) is 9.38. The minimum absolute atomic E-state index is 0.0526. The van der Waals surface area contributed by atoms with Gasteiger partial charge in [0.1, 0.15) is 5.82 Å². The van der Waals surface area contributed by atoms with Crippen molar-refractivity contribution in [3.63, 3.8) is 0 Å². The van der Waals surface area contributed by atoms with Crippen LogP contribution >= 0.6 is 0 Å². The molecular formula is C19H23N5O3. The molecule has 2 aromatic rings. The molecule has 0 radical (unpaired) electrons. The van der Waals surface area contributed by atoms with Crippen molar-refractivity contribution in [3.8, 4) is 0 Å². The number of amides is 1. The van der Waals surface area contributed by atoms with E-state index < -0.39 is 5.97 Å². The first-order chi connectivity index (χ1) is 13.1. The summed E-state index contributed by atoms with van der Waals surface area (Å²) in [7, 11) is 0. The molecule has 0 bridgehead atoms. The van der Waals surface area contributed by atoms with Gasteiger partial charge in [-0.15, -0.1) is 0 Å². The van der Waals surface area contributed by atoms with E-state index in [2.05, 4.69) is 15.0 Å². The quantitative estimate of drug-likeness (QED) is 0.860. The van der Waals surface area contributed by atoms with Crippen LogP contribution in [0.25, 0.3) is 0 Å². The van der Waals surface area contributed by atoms with Crippen LogP contribution in [0.2, 0.25) is 0 Å². The largest absolute Gasteiger partial charge is 0.481 e. The zero-order valence-electron chi connectivity index (χ0n) is 15.2. The number of hydrogen-bond donors (Lipinski definition) is 1. The molecule has 8 heteroatoms. The topological polar surface area (TPSA) is 91.6 Å². The maximum Gasteiger partial charge on any atom is 0.303 e. The Kier molecular flexibility index (Phi) is 4.79. The lowest BCUT2D eigenvalue weighted by Crippen LogP contribution is -2.36. The summed E-state index contributed by atoms with van der Waals surface area (Å²) in [6.45, 7) is 3.64. The van der Waals surface area contributed by atoms with Crippen LogP contribution in [0, 0.1) is 0 Å². The molecule has 0 unspecified atom stereocenters. The van der Waals surface area contributed by atoms with Crippen molar-refractivity contribution in [1.29, 1.82) is 0 Å². The Labute approximate surface area is 157 Å². The van der Waals surface area contributed by atoms with Crippen molar-refractivity contribution >= 4 is 17.7 Å². The number of anilines is 1. The first-order valence-corrected chi connectivity index (χ1v) is 9.38. The predicted molar refractivity (Wildman–Crippen MR) is 98.6 cm³/mol. The molecule has 142 valence electrons. The molecule has 0 atom stereocenters. The molecule has 1 N–H and O–H groups in total. The second-order valence-electron chi connectivity index (χ2n) is 7.04. The number of aromatic nitrogens is 3. The number of nitrogens with zero attached hydrogens (tertiary/aromatic N) is 5. The second-order valence-corrected chi connectivity index (χ2v) is 7.04. The van der Waals surface area contributed by atoms with Crippen molar-refractivity contribution in [3.05, 3.63) is 41.3 Å². The number of carbonyl (C=O) groups excluding carboxylic acids is 1. The Hall–Kier alpha value is -2.90. The maximum atomic E-state index is 12.9. The molecule has 27 heavy (non-hydrogen) atoms. The van der Waals surface area contributed by atoms with Gasteiger partial charge < -0.3 is 14.9 Å². The zero-order chi connectivity index (χ0) is 18.8. The summed E-state index contributed by atoms with van der Waals surface area (Å²) >= 11 is 0. The molecule has 4 rings (SSSR count). The van der Waals surface area contributed by atoms with Crippen molar-refractivity contribution in [1.82, 2.24) is 19.7 Å². The molecule has 0 aliphatic carbocycles. The molecule has 4 heterocycles. The highest BCUT2D eigenvalue weighted by Crippen LogP contribution is 2.25. The highest BCUT2D eigenvalue weighted by atomic mass is 16.4. The fraction of sp³-hybridized carbons (Fsp3) is 0.474. The lowest BCUT2D eigenvalue weighted by Gasteiger charge is -2.30. The highest BCUT2D eigenvalue weighted by Gasteiger charge is 2.27. The SMILES string of the molecule is O=C(O)CCc1cc2n(n1)CCN(c1ncccc1C(=O)N1CCCC1)C2. The number of rotatable bonds is 5. The van der Waals surface area contributed by atoms with Gasteiger partial charge in [0.2, 0.25) is 0 Å². The van der Waals surface area contributed by atoms with Crippen LogP contribution in [0.5, 0.6) is 0 Å². The van der Waals surface area contributed by atoms with Gasteiger partial charge in [-0.25, -0.2) is 4.98 Å². The van der Waals surface area contributed by atoms with E-state index in [1.54, 1.807) is 6.20 Å². The summed E-state index contributed by atoms with van der Waals surface area (Å²) < 4.78 is 1.93. The lowest BCUT2D eigenvalue weighted by molar-refractivity contribution is -0.136. The summed E-state index contributed by atoms with van der Waals surface area (Å²) in [4.78, 5) is 32.2. The third kappa shape index (κ3) is 3.65. The Morgan fingerprint density at radius 1 is 1.15 bits per heavy atom. The van der Waals surface area contributed by atoms with Crippen LogP contribution in [0.4, 0.5) is 5.82 Å². The van der Waals surface area contributed by atoms with E-state index in [1.807, 2.05) is 27.8 Å². The minimum Gasteiger partial charge on any atom is -0.481 e. The highest BCUT2D eigenvalue weighted by molar-refractivity contribution is 5.99. The van der Waals surface area contributed by atoms with E-state index in [4.69, 9.17) is 5.11 Å². The van der Waals surface area contributed by atoms with Gasteiger partial charge >= 0.3 is 5.97 Å². The predicted octanol–water partition coefficient (Wildman–Crippen LogP) is 1.55. The standard InChI is InChI=1S/C19H23N5O3/c25-17(26)6-5-14-12-15-13-23(10-11-24(15)21-14)18-16(4-3-7-20-18)19(27)22-8-1-2-9-22/h3-4,7,12H,1-2,5-6,8-11,13H2,(H,25,26). The van der Waals surface area contributed by atoms with Crippen molar-refractivity contribution < 1.29 is 14.7 Å². The molecular weight excluding hydrogens is 346 g/mol. The normalized spacial score (nSPS) is 16.4. The molecule has 2 aromatic heterocycles. The fourth-order valence-electron chi connectivity index (χ4n) is 3.77. The molecule has 1 saturated heterocycles. The van der Waals surface area contributed by atoms with Crippen LogP contribution in [0.15, 0.2) is 24.4 Å². The van der Waals surface area contributed by atoms with Crippen LogP contribution in [0.3, 0.4) is 0 Å². The monoisotopic (exact) mass is 369 g/mol. The van der Waals surface area contributed by atoms with Gasteiger partial charge in [0.05, 0.1) is 36.5 Å². The minimum atomic E-state index is -0.818. The Morgan fingerprint density at radius 2 is 1.96 bits per heavy atom. The number of likely N-dealkylation sites (tertiary alicyclic amines) is 1. The molecule has 0 spiro atoms. The molecule has 1 fully saturated rings. The van der Waals surface area contributed by atoms with Crippen LogP contribution in [-0.2, 0) is 24.3 Å². The number of carbonyl (C=O) groups is 2. The first kappa shape index (κ1) is 17.5. The molecule has 2 aliphatic heterocycles. The summed E-state index contributed by atoms with van der Waals surface area (Å²) in [6.07, 6.45) is 4.35. The smallest absolute Gasteiger partial charge is 0.303 e. The van der Waals surface area contributed by atoms with Gasteiger partial charge in [0.15, 0.2) is 0 Å². The summed E-state index contributed by atoms with van der Waals surface area (Å²) in [6, 6.07) is 5.62. The van der Waals surface area contributed by atoms with Crippen molar-refractivity contribution in [2.75, 3.05) is 24.5 Å². The van der Waals surface area contributed by atoms with E-state index in [1.165, 1.54) is 0 Å². The number of aliphatic carboxylic acids is 1. The van der Waals surface area contributed by atoms with Crippen LogP contribution in [-0.4, -0.2) is 56.3 Å². The van der Waals surface area contributed by atoms with Crippen LogP contribution in [0.1, 0.15) is 41.0 Å². The Morgan fingerprint density at radius 3 is 2.74 bits per heavy atom. The summed E-state index contributed by atoms with van der Waals surface area (Å²) in [5, 5.41) is 13.4. The second kappa shape index (κ2) is 7.38. The number of hydrogen-bond acceptors (Lipinski definition) is 5. The average Bonchev–Trinajstić information content (AvgIpc) is 3.34. The fourth-order valence-corrected chi connectivity index (χ4v) is 3.77. The number of pyridine rings is 1. The van der Waals surface area contributed by atoms with Crippen molar-refractivity contribution in [2.45, 2.75) is 38.8 Å². The average molecular weight is 369 g/mol. The molecule has 8 nitrogen and oxygen atoms in total. The van der Waals surface area contributed by atoms with Gasteiger partial charge in [-0.2, -0.15) is 5.10 Å². The Bertz CT molecular complexity index is 857. The van der Waals surface area contributed by atoms with Gasteiger partial charge in [0.25, 0.3) is 5.91 Å². The molecule has 1 amide bonds. The van der Waals surface area contributed by atoms with Crippen molar-refractivity contribution in [2.24, 2.45) is 0 Å². The van der Waals surface area contributed by atoms with Gasteiger partial charge in [-0.1, -0.05) is 0 Å². The summed E-state index contributed by atoms with van der Waals surface area (Å²) in [5.41, 5.74) is 2.47. The van der Waals surface area contributed by atoms with E-state index >= 15 is 0 Å². The van der Waals surface area contributed by atoms with E-state index in [0.29, 0.717) is 37.4 Å². The van der Waals surface area contributed by atoms with Gasteiger partial charge in [-0.3, -0.25) is 14.3 Å². The Balaban J connectivity index is 1.54. The number of fused-ring (bicyclic) bond motifs is 1. The van der Waals surface area contributed by atoms with E-state index in [9.17, 15) is 9.59 Å². The lowest BCUT2D eigenvalue weighted by atomic mass is 10.2. The summed E-state index contributed by atoms with van der Waals surface area (Å²) in [5.74, 6) is -0.0492. The number of carboxylic acids is 1. The molecule has 0 aromatic carbocycles.